The van der Waals surface area contributed by atoms with Crippen LogP contribution >= 0.6 is 23.5 Å². The highest BCUT2D eigenvalue weighted by molar-refractivity contribution is 7.99. The minimum absolute atomic E-state index is 0.632. The normalized spacial score (nSPS) is 10.5. The molecule has 0 bridgehead atoms. The largest absolute Gasteiger partial charge is 0.308 e. The van der Waals surface area contributed by atoms with Crippen LogP contribution in [0.4, 0.5) is 5.82 Å². The number of aromatic nitrogens is 2. The zero-order valence-corrected chi connectivity index (χ0v) is 12.7. The molecule has 0 fully saturated rings. The van der Waals surface area contributed by atoms with Crippen molar-refractivity contribution in [1.82, 2.24) is 9.97 Å². The van der Waals surface area contributed by atoms with Crippen LogP contribution in [0.2, 0.25) is 0 Å². The molecule has 1 aromatic carbocycles. The van der Waals surface area contributed by atoms with Crippen LogP contribution in [0.1, 0.15) is 11.1 Å². The molecule has 0 spiro atoms. The van der Waals surface area contributed by atoms with Crippen LogP contribution in [0.15, 0.2) is 39.3 Å². The summed E-state index contributed by atoms with van der Waals surface area (Å²) < 4.78 is 0. The quantitative estimate of drug-likeness (QED) is 0.296. The first-order valence-corrected chi connectivity index (χ1v) is 7.81. The number of hydrogen-bond donors (Lipinski definition) is 2. The number of thioether (sulfide) groups is 1. The predicted molar refractivity (Wildman–Crippen MR) is 81.7 cm³/mol. The van der Waals surface area contributed by atoms with E-state index in [2.05, 4.69) is 47.4 Å². The van der Waals surface area contributed by atoms with Crippen molar-refractivity contribution in [1.29, 1.82) is 0 Å². The first-order chi connectivity index (χ1) is 9.12. The molecule has 0 aliphatic carbocycles. The summed E-state index contributed by atoms with van der Waals surface area (Å²) in [6.45, 7) is 4.18. The Balaban J connectivity index is 2.34. The summed E-state index contributed by atoms with van der Waals surface area (Å²) in [6, 6.07) is 8.25. The summed E-state index contributed by atoms with van der Waals surface area (Å²) in [5, 5.41) is 1.60. The van der Waals surface area contributed by atoms with E-state index in [1.54, 1.807) is 11.8 Å². The Kier molecular flexibility index (Phi) is 4.68. The van der Waals surface area contributed by atoms with Crippen molar-refractivity contribution in [2.75, 3.05) is 11.7 Å². The fraction of sp³-hybridized carbons (Fsp3) is 0.231. The van der Waals surface area contributed by atoms with Gasteiger partial charge in [0, 0.05) is 11.0 Å². The van der Waals surface area contributed by atoms with Crippen LogP contribution in [0.5, 0.6) is 0 Å². The molecule has 1 heterocycles. The molecule has 0 amide bonds. The summed E-state index contributed by atoms with van der Waals surface area (Å²) in [7, 11) is 0. The minimum atomic E-state index is 0.632. The van der Waals surface area contributed by atoms with Gasteiger partial charge in [-0.25, -0.2) is 15.8 Å². The Bertz CT molecular complexity index is 565. The molecule has 6 heteroatoms. The summed E-state index contributed by atoms with van der Waals surface area (Å²) >= 11 is 3.13. The molecule has 4 nitrogen and oxygen atoms in total. The van der Waals surface area contributed by atoms with E-state index in [0.29, 0.717) is 11.0 Å². The van der Waals surface area contributed by atoms with Gasteiger partial charge >= 0.3 is 0 Å². The molecule has 0 radical (unpaired) electrons. The van der Waals surface area contributed by atoms with Gasteiger partial charge in [-0.2, -0.15) is 0 Å². The maximum absolute atomic E-state index is 5.43. The van der Waals surface area contributed by atoms with E-state index in [0.717, 1.165) is 5.03 Å². The molecule has 3 N–H and O–H groups in total. The second kappa shape index (κ2) is 6.27. The number of hydrazine groups is 1. The van der Waals surface area contributed by atoms with E-state index in [1.807, 2.05) is 12.3 Å². The van der Waals surface area contributed by atoms with Gasteiger partial charge in [0.15, 0.2) is 5.16 Å². The van der Waals surface area contributed by atoms with Crippen molar-refractivity contribution < 1.29 is 0 Å². The third-order valence-electron chi connectivity index (χ3n) is 2.57. The number of aryl methyl sites for hydroxylation is 2. The number of nitrogens with two attached hydrogens (primary N) is 1. The minimum Gasteiger partial charge on any atom is -0.308 e. The maximum atomic E-state index is 5.43. The molecule has 0 aliphatic rings. The number of nitrogens with zero attached hydrogens (tertiary/aromatic N) is 2. The Morgan fingerprint density at radius 2 is 1.95 bits per heavy atom. The first-order valence-electron chi connectivity index (χ1n) is 5.77. The number of nitrogens with one attached hydrogen (secondary N) is 1. The number of benzene rings is 1. The highest BCUT2D eigenvalue weighted by Gasteiger charge is 2.07. The Morgan fingerprint density at radius 1 is 1.16 bits per heavy atom. The van der Waals surface area contributed by atoms with Crippen LogP contribution in [-0.2, 0) is 0 Å². The second-order valence-corrected chi connectivity index (χ2v) is 5.93. The van der Waals surface area contributed by atoms with Crippen LogP contribution in [0.25, 0.3) is 0 Å². The highest BCUT2D eigenvalue weighted by Crippen LogP contribution is 2.31. The molecule has 2 rings (SSSR count). The van der Waals surface area contributed by atoms with Crippen LogP contribution < -0.4 is 11.3 Å². The van der Waals surface area contributed by atoms with Crippen molar-refractivity contribution in [3.63, 3.8) is 0 Å². The molecule has 0 aliphatic heterocycles. The molecule has 0 saturated heterocycles. The average molecular weight is 292 g/mol. The predicted octanol–water partition coefficient (Wildman–Crippen LogP) is 3.25. The number of nitrogen functional groups attached to an aromatic ring is 1. The Hall–Kier alpha value is -1.24. The summed E-state index contributed by atoms with van der Waals surface area (Å²) in [6.07, 6.45) is 1.95. The SMILES string of the molecule is CSc1nc(NN)cc(Sc2cc(C)ccc2C)n1. The first kappa shape index (κ1) is 14.2. The van der Waals surface area contributed by atoms with E-state index in [1.165, 1.54) is 27.8 Å². The third-order valence-corrected chi connectivity index (χ3v) is 4.20. The smallest absolute Gasteiger partial charge is 0.190 e. The van der Waals surface area contributed by atoms with E-state index < -0.39 is 0 Å². The number of hydrogen-bond acceptors (Lipinski definition) is 6. The molecule has 0 saturated carbocycles. The molecular weight excluding hydrogens is 276 g/mol. The topological polar surface area (TPSA) is 63.8 Å². The van der Waals surface area contributed by atoms with Gasteiger partial charge in [0.25, 0.3) is 0 Å². The summed E-state index contributed by atoms with van der Waals surface area (Å²) in [5.74, 6) is 6.06. The third kappa shape index (κ3) is 3.62. The Morgan fingerprint density at radius 3 is 2.63 bits per heavy atom. The lowest BCUT2D eigenvalue weighted by Crippen LogP contribution is -2.09. The van der Waals surface area contributed by atoms with E-state index in [4.69, 9.17) is 5.84 Å². The zero-order valence-electron chi connectivity index (χ0n) is 11.1. The molecule has 19 heavy (non-hydrogen) atoms. The van der Waals surface area contributed by atoms with Gasteiger partial charge < -0.3 is 5.43 Å². The van der Waals surface area contributed by atoms with Gasteiger partial charge in [-0.1, -0.05) is 35.7 Å². The van der Waals surface area contributed by atoms with Crippen LogP contribution in [-0.4, -0.2) is 16.2 Å². The molecule has 0 unspecified atom stereocenters. The molecule has 2 aromatic rings. The van der Waals surface area contributed by atoms with E-state index in [-0.39, 0.29) is 0 Å². The van der Waals surface area contributed by atoms with Gasteiger partial charge in [0.05, 0.1) is 0 Å². The summed E-state index contributed by atoms with van der Waals surface area (Å²) in [5.41, 5.74) is 5.05. The molecule has 0 atom stereocenters. The number of anilines is 1. The highest BCUT2D eigenvalue weighted by atomic mass is 32.2. The second-order valence-electron chi connectivity index (χ2n) is 4.09. The Labute approximate surface area is 121 Å². The summed E-state index contributed by atoms with van der Waals surface area (Å²) in [4.78, 5) is 9.94. The van der Waals surface area contributed by atoms with Gasteiger partial charge in [0.2, 0.25) is 0 Å². The van der Waals surface area contributed by atoms with Gasteiger partial charge in [-0.05, 0) is 37.3 Å². The van der Waals surface area contributed by atoms with Gasteiger partial charge in [-0.15, -0.1) is 0 Å². The van der Waals surface area contributed by atoms with E-state index >= 15 is 0 Å². The van der Waals surface area contributed by atoms with Crippen LogP contribution in [0, 0.1) is 13.8 Å². The van der Waals surface area contributed by atoms with Gasteiger partial charge in [0.1, 0.15) is 10.8 Å². The van der Waals surface area contributed by atoms with Crippen molar-refractivity contribution in [2.45, 2.75) is 28.9 Å². The molecular formula is C13H16N4S2. The van der Waals surface area contributed by atoms with Crippen molar-refractivity contribution in [2.24, 2.45) is 5.84 Å². The fourth-order valence-corrected chi connectivity index (χ4v) is 2.99. The van der Waals surface area contributed by atoms with Crippen LogP contribution in [0.3, 0.4) is 0 Å². The standard InChI is InChI=1S/C13H16N4S2/c1-8-4-5-9(2)10(6-8)19-12-7-11(17-14)15-13(16-12)18-3/h4-7H,14H2,1-3H3,(H,15,16,17). The molecule has 1 aromatic heterocycles. The van der Waals surface area contributed by atoms with Crippen molar-refractivity contribution in [3.8, 4) is 0 Å². The van der Waals surface area contributed by atoms with E-state index in [9.17, 15) is 0 Å². The lowest BCUT2D eigenvalue weighted by Gasteiger charge is -2.08. The fourth-order valence-electron chi connectivity index (χ4n) is 1.55. The zero-order chi connectivity index (χ0) is 13.8. The van der Waals surface area contributed by atoms with Crippen molar-refractivity contribution >= 4 is 29.3 Å². The lowest BCUT2D eigenvalue weighted by molar-refractivity contribution is 0.893. The molecule has 100 valence electrons. The van der Waals surface area contributed by atoms with Gasteiger partial charge in [-0.3, -0.25) is 0 Å². The monoisotopic (exact) mass is 292 g/mol. The maximum Gasteiger partial charge on any atom is 0.190 e. The average Bonchev–Trinajstić information content (AvgIpc) is 2.42. The number of rotatable bonds is 4. The lowest BCUT2D eigenvalue weighted by atomic mass is 10.2. The van der Waals surface area contributed by atoms with Crippen molar-refractivity contribution in [3.05, 3.63) is 35.4 Å².